The fourth-order valence-corrected chi connectivity index (χ4v) is 8.41. The highest BCUT2D eigenvalue weighted by Gasteiger charge is 2.42. The van der Waals surface area contributed by atoms with Crippen LogP contribution >= 0.6 is 10.6 Å². The van der Waals surface area contributed by atoms with E-state index >= 15 is 0 Å². The van der Waals surface area contributed by atoms with Gasteiger partial charge in [0.1, 0.15) is 18.9 Å². The summed E-state index contributed by atoms with van der Waals surface area (Å²) in [4.78, 5) is 5.10. The maximum Gasteiger partial charge on any atom is 0.137 e. The first-order valence-corrected chi connectivity index (χ1v) is 17.2. The molecule has 2 aromatic rings. The normalized spacial score (nSPS) is 16.8. The zero-order valence-electron chi connectivity index (χ0n) is 26.7. The summed E-state index contributed by atoms with van der Waals surface area (Å²) in [5.74, 6) is 1.31. The van der Waals surface area contributed by atoms with Crippen LogP contribution in [0.4, 0.5) is 17.1 Å². The Bertz CT molecular complexity index is 1040. The van der Waals surface area contributed by atoms with Crippen LogP contribution in [0.3, 0.4) is 0 Å². The molecule has 6 nitrogen and oxygen atoms in total. The van der Waals surface area contributed by atoms with E-state index in [0.717, 1.165) is 98.5 Å². The molecule has 2 aromatic carbocycles. The van der Waals surface area contributed by atoms with Crippen molar-refractivity contribution in [3.05, 3.63) is 42.5 Å². The van der Waals surface area contributed by atoms with E-state index in [2.05, 4.69) is 74.8 Å². The number of rotatable bonds is 15. The van der Waals surface area contributed by atoms with Crippen LogP contribution in [0.5, 0.6) is 5.75 Å². The third-order valence-corrected chi connectivity index (χ3v) is 11.3. The van der Waals surface area contributed by atoms with Gasteiger partial charge < -0.3 is 43.0 Å². The lowest BCUT2D eigenvalue weighted by Crippen LogP contribution is -3.00. The van der Waals surface area contributed by atoms with E-state index in [-0.39, 0.29) is 29.4 Å². The smallest absolute Gasteiger partial charge is 0.137 e. The fraction of sp³-hybridized carbons (Fsp3) is 0.636. The fourth-order valence-electron chi connectivity index (χ4n) is 6.23. The second-order valence-corrected chi connectivity index (χ2v) is 14.1. The summed E-state index contributed by atoms with van der Waals surface area (Å²) in [5.41, 5.74) is 2.86. The highest BCUT2D eigenvalue weighted by Crippen LogP contribution is 2.61. The number of unbranched alkanes of at least 4 members (excludes halogenated alkanes) is 2. The summed E-state index contributed by atoms with van der Waals surface area (Å²) >= 11 is 0. The van der Waals surface area contributed by atoms with E-state index in [1.807, 2.05) is 26.2 Å². The van der Waals surface area contributed by atoms with Crippen LogP contribution in [0.15, 0.2) is 47.4 Å². The first-order valence-electron chi connectivity index (χ1n) is 15.5. The minimum Gasteiger partial charge on any atom is -1.00 e. The summed E-state index contributed by atoms with van der Waals surface area (Å²) in [6.45, 7) is 17.1. The number of ether oxygens (including phenoxy) is 1. The van der Waals surface area contributed by atoms with Crippen molar-refractivity contribution < 1.29 is 42.3 Å². The molecule has 3 rings (SSSR count). The van der Waals surface area contributed by atoms with Crippen LogP contribution in [0.2, 0.25) is 0 Å². The number of hydrogen-bond acceptors (Lipinski definition) is 5. The number of halogens is 1. The second-order valence-electron chi connectivity index (χ2n) is 12.0. The maximum absolute atomic E-state index is 11.7. The predicted molar refractivity (Wildman–Crippen MR) is 174 cm³/mol. The Morgan fingerprint density at radius 1 is 0.902 bits per heavy atom. The van der Waals surface area contributed by atoms with E-state index in [1.54, 1.807) is 0 Å². The molecule has 234 valence electrons. The van der Waals surface area contributed by atoms with Gasteiger partial charge in [-0.2, -0.15) is 10.6 Å². The lowest BCUT2D eigenvalue weighted by atomic mass is 9.79. The highest BCUT2D eigenvalue weighted by molar-refractivity contribution is 8.24. The predicted octanol–water partition coefficient (Wildman–Crippen LogP) is 5.64. The average molecular weight is 702 g/mol. The van der Waals surface area contributed by atoms with Gasteiger partial charge in [0.25, 0.3) is 0 Å². The number of nitrogens with zero attached hydrogens (tertiary/aromatic N) is 3. The number of hydrogen-bond donors (Lipinski definition) is 2. The third kappa shape index (κ3) is 8.91. The molecule has 0 fully saturated rings. The number of anilines is 3. The van der Waals surface area contributed by atoms with Gasteiger partial charge in [0.05, 0.1) is 30.2 Å². The summed E-state index contributed by atoms with van der Waals surface area (Å²) < 4.78 is 30.6. The van der Waals surface area contributed by atoms with Gasteiger partial charge in [0.2, 0.25) is 0 Å². The Morgan fingerprint density at radius 3 is 2.00 bits per heavy atom. The van der Waals surface area contributed by atoms with Crippen LogP contribution in [-0.2, 0) is 0 Å². The highest BCUT2D eigenvalue weighted by atomic mass is 127. The summed E-state index contributed by atoms with van der Waals surface area (Å²) in [6, 6.07) is 14.5. The van der Waals surface area contributed by atoms with Gasteiger partial charge in [-0.05, 0) is 76.1 Å². The topological polar surface area (TPSA) is 56.2 Å². The molecule has 1 aliphatic rings. The summed E-state index contributed by atoms with van der Waals surface area (Å²) in [6.07, 6.45) is 6.38. The van der Waals surface area contributed by atoms with Crippen LogP contribution in [0, 0.1) is 5.41 Å². The van der Waals surface area contributed by atoms with Crippen LogP contribution < -0.4 is 38.5 Å². The first-order chi connectivity index (χ1) is 19.1. The van der Waals surface area contributed by atoms with Gasteiger partial charge in [-0.15, -0.1) is 0 Å². The average Bonchev–Trinajstić information content (AvgIpc) is 3.05. The Balaban J connectivity index is 0.00000588. The molecule has 41 heavy (non-hydrogen) atoms. The lowest BCUT2D eigenvalue weighted by Gasteiger charge is -2.42. The molecule has 0 saturated carbocycles. The van der Waals surface area contributed by atoms with Crippen LogP contribution in [-0.4, -0.2) is 72.8 Å². The standard InChI is InChI=1S/C33H55N3O3S.HI/c1-8-13-21-33(22-14-9-2)26-35(31-25-29(34(6)7)17-20-32(31)40(37,38)27-33)28-15-18-30(19-16-28)39-24-23-36(10-3,11-4)12-5;/h15-20,25H,8-14,21-24,26-27H2,1-7H3,(H-,37,38);1H. The molecule has 2 N–H and O–H groups in total. The van der Waals surface area contributed by atoms with Crippen molar-refractivity contribution in [2.24, 2.45) is 5.41 Å². The Labute approximate surface area is 269 Å². The molecule has 0 spiro atoms. The van der Waals surface area contributed by atoms with Crippen molar-refractivity contribution in [1.29, 1.82) is 0 Å². The Hall–Kier alpha value is -1.20. The van der Waals surface area contributed by atoms with Crippen LogP contribution in [0.1, 0.15) is 73.1 Å². The molecular weight excluding hydrogens is 645 g/mol. The van der Waals surface area contributed by atoms with Crippen molar-refractivity contribution >= 4 is 27.7 Å². The lowest BCUT2D eigenvalue weighted by molar-refractivity contribution is -0.923. The molecule has 0 saturated heterocycles. The molecule has 1 heterocycles. The molecule has 0 bridgehead atoms. The maximum atomic E-state index is 11.7. The van der Waals surface area contributed by atoms with E-state index in [9.17, 15) is 9.11 Å². The molecule has 1 aliphatic heterocycles. The molecule has 0 atom stereocenters. The van der Waals surface area contributed by atoms with E-state index in [0.29, 0.717) is 17.3 Å². The largest absolute Gasteiger partial charge is 1.00 e. The Kier molecular flexibility index (Phi) is 14.1. The minimum atomic E-state index is -2.96. The van der Waals surface area contributed by atoms with E-state index < -0.39 is 10.6 Å². The molecule has 0 radical (unpaired) electrons. The van der Waals surface area contributed by atoms with Gasteiger partial charge >= 0.3 is 0 Å². The zero-order valence-corrected chi connectivity index (χ0v) is 29.6. The first kappa shape index (κ1) is 36.0. The number of benzene rings is 2. The number of likely N-dealkylation sites (N-methyl/N-ethyl adjacent to an activating group) is 1. The molecule has 0 unspecified atom stereocenters. The van der Waals surface area contributed by atoms with E-state index in [1.165, 1.54) is 0 Å². The summed E-state index contributed by atoms with van der Waals surface area (Å²) in [7, 11) is 1.10. The SMILES string of the molecule is CCCCC1(CCCC)CN(c2ccc(OCC[N+](CC)(CC)CC)cc2)c2cc(N(C)C)ccc2S(O)(O)C1.[I-]. The van der Waals surface area contributed by atoms with Gasteiger partial charge in [-0.25, -0.2) is 0 Å². The molecule has 0 aromatic heterocycles. The minimum absolute atomic E-state index is 0. The van der Waals surface area contributed by atoms with Crippen molar-refractivity contribution in [1.82, 2.24) is 0 Å². The van der Waals surface area contributed by atoms with Crippen molar-refractivity contribution in [3.63, 3.8) is 0 Å². The van der Waals surface area contributed by atoms with E-state index in [4.69, 9.17) is 4.74 Å². The molecule has 8 heteroatoms. The van der Waals surface area contributed by atoms with Crippen molar-refractivity contribution in [2.75, 3.05) is 69.0 Å². The second kappa shape index (κ2) is 16.0. The van der Waals surface area contributed by atoms with Crippen LogP contribution in [0.25, 0.3) is 0 Å². The molecule has 0 amide bonds. The van der Waals surface area contributed by atoms with Gasteiger partial charge in [0.15, 0.2) is 0 Å². The van der Waals surface area contributed by atoms with Crippen molar-refractivity contribution in [3.8, 4) is 5.75 Å². The summed E-state index contributed by atoms with van der Waals surface area (Å²) in [5, 5.41) is 0. The monoisotopic (exact) mass is 701 g/mol. The van der Waals surface area contributed by atoms with Crippen molar-refractivity contribution in [2.45, 2.75) is 78.0 Å². The quantitative estimate of drug-likeness (QED) is 0.186. The number of fused-ring (bicyclic) bond motifs is 1. The molecule has 0 aliphatic carbocycles. The van der Waals surface area contributed by atoms with Gasteiger partial charge in [-0.1, -0.05) is 39.5 Å². The van der Waals surface area contributed by atoms with Gasteiger partial charge in [-0.3, -0.25) is 9.11 Å². The Morgan fingerprint density at radius 2 is 1.49 bits per heavy atom. The van der Waals surface area contributed by atoms with Gasteiger partial charge in [0, 0.05) is 43.2 Å². The number of quaternary nitrogens is 1. The molecular formula is C33H56IN3O3S. The zero-order chi connectivity index (χ0) is 29.4. The third-order valence-electron chi connectivity index (χ3n) is 9.22.